The molecule has 0 aromatic heterocycles. The molecule has 116 valence electrons. The first-order valence-electron chi connectivity index (χ1n) is 6.82. The highest BCUT2D eigenvalue weighted by atomic mass is 35.5. The van der Waals surface area contributed by atoms with Gasteiger partial charge < -0.3 is 10.6 Å². The third-order valence-corrected chi connectivity index (χ3v) is 3.54. The normalized spacial score (nSPS) is 17.7. The summed E-state index contributed by atoms with van der Waals surface area (Å²) in [5, 5.41) is 17.0. The van der Waals surface area contributed by atoms with Crippen molar-refractivity contribution >= 4 is 24.0 Å². The number of carbonyl (C=O) groups is 1. The minimum absolute atomic E-state index is 0. The van der Waals surface area contributed by atoms with Crippen molar-refractivity contribution < 1.29 is 9.72 Å². The molecule has 1 aliphatic heterocycles. The fourth-order valence-electron chi connectivity index (χ4n) is 2.42. The van der Waals surface area contributed by atoms with Crippen LogP contribution in [0, 0.1) is 23.0 Å². The van der Waals surface area contributed by atoms with Gasteiger partial charge in [0, 0.05) is 12.6 Å². The monoisotopic (exact) mass is 313 g/mol. The number of amides is 1. The first-order valence-corrected chi connectivity index (χ1v) is 6.82. The van der Waals surface area contributed by atoms with E-state index in [4.69, 9.17) is 0 Å². The molecule has 1 aliphatic rings. The second-order valence-corrected chi connectivity index (χ2v) is 5.20. The summed E-state index contributed by atoms with van der Waals surface area (Å²) in [6.45, 7) is 4.27. The molecular formula is C14H20ClN3O3. The number of piperidine rings is 1. The Kier molecular flexibility index (Phi) is 6.58. The van der Waals surface area contributed by atoms with Crippen LogP contribution < -0.4 is 10.6 Å². The summed E-state index contributed by atoms with van der Waals surface area (Å²) < 4.78 is 0. The van der Waals surface area contributed by atoms with Crippen LogP contribution in [-0.2, 0) is 0 Å². The van der Waals surface area contributed by atoms with Crippen molar-refractivity contribution in [3.8, 4) is 0 Å². The summed E-state index contributed by atoms with van der Waals surface area (Å²) in [5.41, 5.74) is 0.828. The zero-order valence-electron chi connectivity index (χ0n) is 11.9. The number of aryl methyl sites for hydroxylation is 1. The molecule has 1 atom stereocenters. The number of hydrogen-bond donors (Lipinski definition) is 2. The third-order valence-electron chi connectivity index (χ3n) is 3.54. The van der Waals surface area contributed by atoms with Gasteiger partial charge in [0.1, 0.15) is 5.56 Å². The zero-order valence-corrected chi connectivity index (χ0v) is 12.7. The quantitative estimate of drug-likeness (QED) is 0.658. The fraction of sp³-hybridized carbons (Fsp3) is 0.500. The number of rotatable bonds is 4. The van der Waals surface area contributed by atoms with Gasteiger partial charge >= 0.3 is 0 Å². The van der Waals surface area contributed by atoms with Crippen LogP contribution in [0.2, 0.25) is 0 Å². The van der Waals surface area contributed by atoms with E-state index >= 15 is 0 Å². The van der Waals surface area contributed by atoms with Gasteiger partial charge in [0.2, 0.25) is 0 Å². The highest BCUT2D eigenvalue weighted by Crippen LogP contribution is 2.20. The van der Waals surface area contributed by atoms with E-state index in [0.29, 0.717) is 12.5 Å². The van der Waals surface area contributed by atoms with Crippen LogP contribution in [0.4, 0.5) is 5.69 Å². The fourth-order valence-corrected chi connectivity index (χ4v) is 2.42. The Morgan fingerprint density at radius 3 is 2.90 bits per heavy atom. The average Bonchev–Trinajstić information content (AvgIpc) is 2.45. The number of nitro groups is 1. The van der Waals surface area contributed by atoms with Crippen molar-refractivity contribution in [2.45, 2.75) is 19.8 Å². The maximum Gasteiger partial charge on any atom is 0.282 e. The maximum atomic E-state index is 12.1. The van der Waals surface area contributed by atoms with E-state index < -0.39 is 4.92 Å². The molecule has 7 heteroatoms. The summed E-state index contributed by atoms with van der Waals surface area (Å²) in [7, 11) is 0. The molecule has 0 spiro atoms. The highest BCUT2D eigenvalue weighted by molar-refractivity contribution is 5.98. The molecule has 1 unspecified atom stereocenters. The Morgan fingerprint density at radius 1 is 1.52 bits per heavy atom. The molecule has 21 heavy (non-hydrogen) atoms. The molecule has 6 nitrogen and oxygen atoms in total. The highest BCUT2D eigenvalue weighted by Gasteiger charge is 2.21. The van der Waals surface area contributed by atoms with Crippen LogP contribution in [0.5, 0.6) is 0 Å². The molecule has 1 heterocycles. The molecule has 1 aromatic rings. The van der Waals surface area contributed by atoms with Crippen molar-refractivity contribution in [3.05, 3.63) is 39.4 Å². The summed E-state index contributed by atoms with van der Waals surface area (Å²) >= 11 is 0. The van der Waals surface area contributed by atoms with Gasteiger partial charge in [-0.15, -0.1) is 12.4 Å². The molecule has 2 rings (SSSR count). The zero-order chi connectivity index (χ0) is 14.5. The van der Waals surface area contributed by atoms with Gasteiger partial charge in [-0.1, -0.05) is 6.07 Å². The number of hydrogen-bond acceptors (Lipinski definition) is 4. The molecule has 2 N–H and O–H groups in total. The van der Waals surface area contributed by atoms with E-state index in [0.717, 1.165) is 31.5 Å². The second-order valence-electron chi connectivity index (χ2n) is 5.20. The van der Waals surface area contributed by atoms with Gasteiger partial charge in [0.05, 0.1) is 4.92 Å². The lowest BCUT2D eigenvalue weighted by Crippen LogP contribution is -2.38. The van der Waals surface area contributed by atoms with Crippen molar-refractivity contribution in [1.29, 1.82) is 0 Å². The van der Waals surface area contributed by atoms with Crippen molar-refractivity contribution in [2.75, 3.05) is 19.6 Å². The van der Waals surface area contributed by atoms with E-state index in [9.17, 15) is 14.9 Å². The first-order chi connectivity index (χ1) is 9.58. The Bertz CT molecular complexity index is 516. The molecule has 1 aromatic carbocycles. The Balaban J connectivity index is 0.00000220. The van der Waals surface area contributed by atoms with Gasteiger partial charge in [-0.2, -0.15) is 0 Å². The molecule has 0 bridgehead atoms. The Labute approximate surface area is 129 Å². The average molecular weight is 314 g/mol. The van der Waals surface area contributed by atoms with Crippen molar-refractivity contribution in [2.24, 2.45) is 5.92 Å². The van der Waals surface area contributed by atoms with E-state index in [1.807, 2.05) is 6.92 Å². The molecule has 1 saturated heterocycles. The lowest BCUT2D eigenvalue weighted by molar-refractivity contribution is -0.385. The molecule has 0 radical (unpaired) electrons. The van der Waals surface area contributed by atoms with Crippen LogP contribution >= 0.6 is 12.4 Å². The number of halogens is 1. The third kappa shape index (κ3) is 4.68. The van der Waals surface area contributed by atoms with Crippen LogP contribution in [0.1, 0.15) is 28.8 Å². The number of nitro benzene ring substituents is 1. The molecule has 0 aliphatic carbocycles. The molecule has 0 saturated carbocycles. The molecule has 1 fully saturated rings. The number of carbonyl (C=O) groups excluding carboxylic acids is 1. The smallest absolute Gasteiger partial charge is 0.282 e. The number of nitrogens with zero attached hydrogens (tertiary/aromatic N) is 1. The van der Waals surface area contributed by atoms with Crippen LogP contribution in [-0.4, -0.2) is 30.5 Å². The first kappa shape index (κ1) is 17.4. The molecular weight excluding hydrogens is 294 g/mol. The van der Waals surface area contributed by atoms with E-state index in [1.165, 1.54) is 6.07 Å². The molecule has 1 amide bonds. The van der Waals surface area contributed by atoms with Crippen LogP contribution in [0.3, 0.4) is 0 Å². The van der Waals surface area contributed by atoms with Crippen LogP contribution in [0.15, 0.2) is 18.2 Å². The van der Waals surface area contributed by atoms with E-state index in [2.05, 4.69) is 10.6 Å². The number of benzene rings is 1. The largest absolute Gasteiger partial charge is 0.351 e. The van der Waals surface area contributed by atoms with Crippen molar-refractivity contribution in [3.63, 3.8) is 0 Å². The lowest BCUT2D eigenvalue weighted by Gasteiger charge is -2.22. The van der Waals surface area contributed by atoms with E-state index in [-0.39, 0.29) is 29.6 Å². The Hall–Kier alpha value is -1.66. The predicted molar refractivity (Wildman–Crippen MR) is 83.0 cm³/mol. The minimum atomic E-state index is -0.517. The predicted octanol–water partition coefficient (Wildman–Crippen LogP) is 2.05. The van der Waals surface area contributed by atoms with Crippen molar-refractivity contribution in [1.82, 2.24) is 10.6 Å². The topological polar surface area (TPSA) is 84.3 Å². The van der Waals surface area contributed by atoms with Gasteiger partial charge in [0.15, 0.2) is 0 Å². The summed E-state index contributed by atoms with van der Waals surface area (Å²) in [5.74, 6) is 0.0301. The van der Waals surface area contributed by atoms with Gasteiger partial charge in [-0.3, -0.25) is 14.9 Å². The number of nitrogens with one attached hydrogen (secondary N) is 2. The lowest BCUT2D eigenvalue weighted by atomic mass is 9.99. The Morgan fingerprint density at radius 2 is 2.29 bits per heavy atom. The SMILES string of the molecule is Cc1ccc([N+](=O)[O-])c(C(=O)NCC2CCCNC2)c1.Cl. The summed E-state index contributed by atoms with van der Waals surface area (Å²) in [6.07, 6.45) is 2.17. The van der Waals surface area contributed by atoms with Gasteiger partial charge in [-0.05, 0) is 50.4 Å². The minimum Gasteiger partial charge on any atom is -0.351 e. The summed E-state index contributed by atoms with van der Waals surface area (Å²) in [6, 6.07) is 4.58. The van der Waals surface area contributed by atoms with Crippen LogP contribution in [0.25, 0.3) is 0 Å². The maximum absolute atomic E-state index is 12.1. The summed E-state index contributed by atoms with van der Waals surface area (Å²) in [4.78, 5) is 22.6. The second kappa shape index (κ2) is 7.95. The van der Waals surface area contributed by atoms with Gasteiger partial charge in [-0.25, -0.2) is 0 Å². The standard InChI is InChI=1S/C14H19N3O3.ClH/c1-10-4-5-13(17(19)20)12(7-10)14(18)16-9-11-3-2-6-15-8-11;/h4-5,7,11,15H,2-3,6,8-9H2,1H3,(H,16,18);1H. The van der Waals surface area contributed by atoms with E-state index in [1.54, 1.807) is 12.1 Å². The van der Waals surface area contributed by atoms with Gasteiger partial charge in [0.25, 0.3) is 11.6 Å².